The lowest BCUT2D eigenvalue weighted by atomic mass is 10.1. The summed E-state index contributed by atoms with van der Waals surface area (Å²) in [5, 5.41) is 6.70. The fourth-order valence-electron chi connectivity index (χ4n) is 5.18. The first kappa shape index (κ1) is 29.4. The lowest BCUT2D eigenvalue weighted by molar-refractivity contribution is 0.0383. The van der Waals surface area contributed by atoms with Crippen LogP contribution in [-0.4, -0.2) is 87.2 Å². The number of hydrogen-bond acceptors (Lipinski definition) is 6. The molecule has 3 aromatic carbocycles. The summed E-state index contributed by atoms with van der Waals surface area (Å²) in [6.07, 6.45) is 0. The molecule has 0 unspecified atom stereocenters. The lowest BCUT2D eigenvalue weighted by Crippen LogP contribution is -2.46. The maximum Gasteiger partial charge on any atom is 0.257 e. The molecule has 0 aromatic heterocycles. The van der Waals surface area contributed by atoms with Crippen LogP contribution in [0.25, 0.3) is 0 Å². The summed E-state index contributed by atoms with van der Waals surface area (Å²) < 4.78 is 5.42. The highest BCUT2D eigenvalue weighted by Gasteiger charge is 2.23. The highest BCUT2D eigenvalue weighted by molar-refractivity contribution is 6.37. The molecule has 2 heterocycles. The second-order valence-electron chi connectivity index (χ2n) is 10.3. The van der Waals surface area contributed by atoms with Gasteiger partial charge in [-0.15, -0.1) is 0 Å². The summed E-state index contributed by atoms with van der Waals surface area (Å²) >= 11 is 12.2. The maximum absolute atomic E-state index is 13.5. The number of nitrogens with zero attached hydrogens (tertiary/aromatic N) is 3. The van der Waals surface area contributed by atoms with Crippen molar-refractivity contribution in [1.29, 1.82) is 0 Å². The molecular weight excluding hydrogens is 561 g/mol. The molecule has 0 atom stereocenters. The van der Waals surface area contributed by atoms with Gasteiger partial charge in [0.1, 0.15) is 0 Å². The zero-order chi connectivity index (χ0) is 28.6. The van der Waals surface area contributed by atoms with Crippen LogP contribution in [0.4, 0.5) is 11.4 Å². The van der Waals surface area contributed by atoms with Crippen LogP contribution >= 0.6 is 23.2 Å². The summed E-state index contributed by atoms with van der Waals surface area (Å²) in [7, 11) is 0. The molecule has 0 bridgehead atoms. The van der Waals surface area contributed by atoms with Crippen LogP contribution in [-0.2, 0) is 11.3 Å². The van der Waals surface area contributed by atoms with E-state index < -0.39 is 0 Å². The van der Waals surface area contributed by atoms with Crippen molar-refractivity contribution in [3.63, 3.8) is 0 Å². The van der Waals surface area contributed by atoms with Gasteiger partial charge < -0.3 is 20.3 Å². The molecule has 2 N–H and O–H groups in total. The normalized spacial score (nSPS) is 16.4. The molecule has 2 saturated heterocycles. The van der Waals surface area contributed by atoms with E-state index in [-0.39, 0.29) is 16.8 Å². The topological polar surface area (TPSA) is 77.2 Å². The second kappa shape index (κ2) is 14.2. The molecule has 0 spiro atoms. The SMILES string of the molecule is O=C(Nc1ccc(N2CCN(Cc3ccccc3)CC2)c(C(=O)NCCN2CCOCC2)c1)c1ccc(Cl)cc1Cl. The Morgan fingerprint density at radius 3 is 2.27 bits per heavy atom. The van der Waals surface area contributed by atoms with Crippen molar-refractivity contribution >= 4 is 46.4 Å². The zero-order valence-corrected chi connectivity index (χ0v) is 24.5. The smallest absolute Gasteiger partial charge is 0.257 e. The molecule has 10 heteroatoms. The van der Waals surface area contributed by atoms with E-state index in [1.165, 1.54) is 11.6 Å². The Morgan fingerprint density at radius 1 is 0.780 bits per heavy atom. The molecule has 0 saturated carbocycles. The number of halogens is 2. The third-order valence-electron chi connectivity index (χ3n) is 7.45. The van der Waals surface area contributed by atoms with Gasteiger partial charge in [0.2, 0.25) is 0 Å². The number of amides is 2. The standard InChI is InChI=1S/C31H35Cl2N5O3/c32-24-6-8-26(28(33)20-24)31(40)35-25-7-9-29(27(21-25)30(39)34-10-11-36-16-18-41-19-17-36)38-14-12-37(13-15-38)22-23-4-2-1-3-5-23/h1-9,20-21H,10-19,22H2,(H,34,39)(H,35,40). The number of morpholine rings is 1. The number of nitrogens with one attached hydrogen (secondary N) is 2. The predicted molar refractivity (Wildman–Crippen MR) is 164 cm³/mol. The van der Waals surface area contributed by atoms with Gasteiger partial charge in [-0.05, 0) is 42.0 Å². The van der Waals surface area contributed by atoms with E-state index in [4.69, 9.17) is 27.9 Å². The van der Waals surface area contributed by atoms with Gasteiger partial charge in [-0.3, -0.25) is 19.4 Å². The maximum atomic E-state index is 13.5. The van der Waals surface area contributed by atoms with Gasteiger partial charge in [0.15, 0.2) is 0 Å². The molecule has 8 nitrogen and oxygen atoms in total. The summed E-state index contributed by atoms with van der Waals surface area (Å²) in [6, 6.07) is 20.7. The average molecular weight is 597 g/mol. The Bertz CT molecular complexity index is 1340. The number of benzene rings is 3. The van der Waals surface area contributed by atoms with Crippen molar-refractivity contribution in [3.05, 3.63) is 93.5 Å². The number of anilines is 2. The molecule has 5 rings (SSSR count). The van der Waals surface area contributed by atoms with Crippen LogP contribution in [0.2, 0.25) is 10.0 Å². The summed E-state index contributed by atoms with van der Waals surface area (Å²) in [4.78, 5) is 33.5. The van der Waals surface area contributed by atoms with Crippen LogP contribution in [0.3, 0.4) is 0 Å². The molecule has 2 aliphatic rings. The number of ether oxygens (including phenoxy) is 1. The van der Waals surface area contributed by atoms with Gasteiger partial charge in [0.25, 0.3) is 11.8 Å². The molecule has 2 fully saturated rings. The van der Waals surface area contributed by atoms with E-state index in [2.05, 4.69) is 49.6 Å². The Hall–Kier alpha value is -3.14. The van der Waals surface area contributed by atoms with Gasteiger partial charge in [-0.2, -0.15) is 0 Å². The van der Waals surface area contributed by atoms with Gasteiger partial charge >= 0.3 is 0 Å². The number of carbonyl (C=O) groups excluding carboxylic acids is 2. The largest absolute Gasteiger partial charge is 0.379 e. The minimum Gasteiger partial charge on any atom is -0.379 e. The van der Waals surface area contributed by atoms with Crippen molar-refractivity contribution < 1.29 is 14.3 Å². The third kappa shape index (κ3) is 7.99. The van der Waals surface area contributed by atoms with Crippen molar-refractivity contribution in [2.24, 2.45) is 0 Å². The molecule has 2 amide bonds. The molecule has 0 aliphatic carbocycles. The molecule has 216 valence electrons. The van der Waals surface area contributed by atoms with Gasteiger partial charge in [0.05, 0.1) is 29.4 Å². The summed E-state index contributed by atoms with van der Waals surface area (Å²) in [5.41, 5.74) is 3.51. The minimum atomic E-state index is -0.368. The molecule has 2 aliphatic heterocycles. The lowest BCUT2D eigenvalue weighted by Gasteiger charge is -2.37. The Labute approximate surface area is 251 Å². The number of carbonyl (C=O) groups is 2. The van der Waals surface area contributed by atoms with Gasteiger partial charge in [-0.1, -0.05) is 53.5 Å². The zero-order valence-electron chi connectivity index (χ0n) is 23.0. The van der Waals surface area contributed by atoms with E-state index in [1.807, 2.05) is 18.2 Å². The van der Waals surface area contributed by atoms with Gasteiger partial charge in [0, 0.05) is 75.3 Å². The van der Waals surface area contributed by atoms with Crippen molar-refractivity contribution in [1.82, 2.24) is 15.1 Å². The predicted octanol–water partition coefficient (Wildman–Crippen LogP) is 4.63. The number of hydrogen-bond donors (Lipinski definition) is 2. The van der Waals surface area contributed by atoms with Crippen molar-refractivity contribution in [2.75, 3.05) is 75.8 Å². The molecule has 41 heavy (non-hydrogen) atoms. The highest BCUT2D eigenvalue weighted by Crippen LogP contribution is 2.28. The van der Waals surface area contributed by atoms with Crippen molar-refractivity contribution in [3.8, 4) is 0 Å². The van der Waals surface area contributed by atoms with E-state index in [9.17, 15) is 9.59 Å². The van der Waals surface area contributed by atoms with Crippen LogP contribution in [0.15, 0.2) is 66.7 Å². The Kier molecular flexibility index (Phi) is 10.1. The quantitative estimate of drug-likeness (QED) is 0.375. The third-order valence-corrected chi connectivity index (χ3v) is 8.00. The van der Waals surface area contributed by atoms with E-state index in [0.717, 1.165) is 58.0 Å². The van der Waals surface area contributed by atoms with Crippen LogP contribution in [0.5, 0.6) is 0 Å². The fraction of sp³-hybridized carbons (Fsp3) is 0.355. The second-order valence-corrected chi connectivity index (χ2v) is 11.1. The Balaban J connectivity index is 1.29. The highest BCUT2D eigenvalue weighted by atomic mass is 35.5. The van der Waals surface area contributed by atoms with Crippen LogP contribution in [0, 0.1) is 0 Å². The summed E-state index contributed by atoms with van der Waals surface area (Å²) in [6.45, 7) is 8.73. The first-order valence-electron chi connectivity index (χ1n) is 14.0. The first-order chi connectivity index (χ1) is 20.0. The summed E-state index contributed by atoms with van der Waals surface area (Å²) in [5.74, 6) is -0.534. The van der Waals surface area contributed by atoms with E-state index in [0.29, 0.717) is 41.6 Å². The van der Waals surface area contributed by atoms with Crippen molar-refractivity contribution in [2.45, 2.75) is 6.54 Å². The minimum absolute atomic E-state index is 0.166. The fourth-order valence-corrected chi connectivity index (χ4v) is 5.67. The van der Waals surface area contributed by atoms with Gasteiger partial charge in [-0.25, -0.2) is 0 Å². The molecular formula is C31H35Cl2N5O3. The molecule has 3 aromatic rings. The number of rotatable bonds is 9. The average Bonchev–Trinajstić information content (AvgIpc) is 2.98. The Morgan fingerprint density at radius 2 is 1.54 bits per heavy atom. The van der Waals surface area contributed by atoms with Crippen LogP contribution < -0.4 is 15.5 Å². The van der Waals surface area contributed by atoms with E-state index in [1.54, 1.807) is 18.2 Å². The number of piperazine rings is 1. The molecule has 0 radical (unpaired) electrons. The first-order valence-corrected chi connectivity index (χ1v) is 14.7. The van der Waals surface area contributed by atoms with Crippen LogP contribution in [0.1, 0.15) is 26.3 Å². The monoisotopic (exact) mass is 595 g/mol. The van der Waals surface area contributed by atoms with E-state index >= 15 is 0 Å².